The van der Waals surface area contributed by atoms with Gasteiger partial charge in [-0.2, -0.15) is 0 Å². The quantitative estimate of drug-likeness (QED) is 0.846. The van der Waals surface area contributed by atoms with Crippen LogP contribution in [0.4, 0.5) is 4.39 Å². The van der Waals surface area contributed by atoms with Crippen LogP contribution in [0.2, 0.25) is 5.02 Å². The first kappa shape index (κ1) is 12.0. The molecule has 0 radical (unpaired) electrons. The van der Waals surface area contributed by atoms with Crippen LogP contribution in [-0.2, 0) is 6.42 Å². The van der Waals surface area contributed by atoms with Gasteiger partial charge in [-0.05, 0) is 34.9 Å². The molecule has 17 heavy (non-hydrogen) atoms. The Hall–Kier alpha value is -1.49. The van der Waals surface area contributed by atoms with E-state index in [9.17, 15) is 4.39 Å². The first-order valence-corrected chi connectivity index (χ1v) is 5.67. The molecule has 0 aliphatic heterocycles. The number of benzene rings is 1. The summed E-state index contributed by atoms with van der Waals surface area (Å²) < 4.78 is 15.4. The van der Waals surface area contributed by atoms with Gasteiger partial charge in [-0.15, -0.1) is 5.10 Å². The Morgan fingerprint density at radius 1 is 1.41 bits per heavy atom. The fraction of sp³-hybridized carbons (Fsp3) is 0.364. The van der Waals surface area contributed by atoms with E-state index < -0.39 is 5.82 Å². The number of hydrogen-bond acceptors (Lipinski definition) is 3. The normalized spacial score (nSPS) is 11.1. The minimum Gasteiger partial charge on any atom is -0.205 e. The van der Waals surface area contributed by atoms with Crippen molar-refractivity contribution in [2.24, 2.45) is 5.92 Å². The van der Waals surface area contributed by atoms with E-state index in [0.29, 0.717) is 23.6 Å². The Kier molecular flexibility index (Phi) is 3.38. The van der Waals surface area contributed by atoms with Crippen molar-refractivity contribution >= 4 is 11.6 Å². The highest BCUT2D eigenvalue weighted by atomic mass is 35.5. The lowest BCUT2D eigenvalue weighted by Crippen LogP contribution is -2.06. The highest BCUT2D eigenvalue weighted by Gasteiger charge is 2.15. The molecule has 0 fully saturated rings. The standard InChI is InChI=1S/C11H12ClFN4/c1-7(2)5-8-10(17-6-14-15-16-17)4-3-9(12)11(8)13/h3-4,6-7H,5H2,1-2H3. The van der Waals surface area contributed by atoms with E-state index in [4.69, 9.17) is 11.6 Å². The predicted octanol–water partition coefficient (Wildman–Crippen LogP) is 2.65. The van der Waals surface area contributed by atoms with Crippen molar-refractivity contribution in [3.05, 3.63) is 34.9 Å². The summed E-state index contributed by atoms with van der Waals surface area (Å²) in [6.07, 6.45) is 2.02. The molecule has 0 saturated heterocycles. The fourth-order valence-electron chi connectivity index (χ4n) is 1.67. The minimum atomic E-state index is -0.395. The first-order valence-electron chi connectivity index (χ1n) is 5.30. The van der Waals surface area contributed by atoms with Gasteiger partial charge in [0.15, 0.2) is 0 Å². The van der Waals surface area contributed by atoms with E-state index in [0.717, 1.165) is 0 Å². The fourth-order valence-corrected chi connectivity index (χ4v) is 1.85. The lowest BCUT2D eigenvalue weighted by molar-refractivity contribution is 0.569. The SMILES string of the molecule is CC(C)Cc1c(-n2cnnn2)ccc(Cl)c1F. The summed E-state index contributed by atoms with van der Waals surface area (Å²) in [7, 11) is 0. The zero-order valence-corrected chi connectivity index (χ0v) is 10.3. The number of nitrogens with zero attached hydrogens (tertiary/aromatic N) is 4. The number of halogens is 2. The largest absolute Gasteiger partial charge is 0.205 e. The van der Waals surface area contributed by atoms with Gasteiger partial charge in [-0.1, -0.05) is 25.4 Å². The molecule has 2 aromatic rings. The predicted molar refractivity (Wildman–Crippen MR) is 62.7 cm³/mol. The molecule has 4 nitrogen and oxygen atoms in total. The summed E-state index contributed by atoms with van der Waals surface area (Å²) in [5.41, 5.74) is 1.17. The van der Waals surface area contributed by atoms with Crippen LogP contribution >= 0.6 is 11.6 Å². The molecular weight excluding hydrogens is 243 g/mol. The van der Waals surface area contributed by atoms with E-state index in [-0.39, 0.29) is 5.02 Å². The molecule has 1 heterocycles. The molecule has 0 atom stereocenters. The molecule has 0 spiro atoms. The Morgan fingerprint density at radius 2 is 2.18 bits per heavy atom. The van der Waals surface area contributed by atoms with Gasteiger partial charge in [0.05, 0.1) is 10.7 Å². The Balaban J connectivity index is 2.55. The van der Waals surface area contributed by atoms with Gasteiger partial charge in [0, 0.05) is 5.56 Å². The summed E-state index contributed by atoms with van der Waals surface area (Å²) in [6, 6.07) is 3.23. The highest BCUT2D eigenvalue weighted by molar-refractivity contribution is 6.30. The second-order valence-corrected chi connectivity index (χ2v) is 4.62. The van der Waals surface area contributed by atoms with Crippen molar-refractivity contribution in [1.29, 1.82) is 0 Å². The lowest BCUT2D eigenvalue weighted by atomic mass is 10.0. The maximum atomic E-state index is 14.0. The second-order valence-electron chi connectivity index (χ2n) is 4.21. The van der Waals surface area contributed by atoms with E-state index in [2.05, 4.69) is 15.5 Å². The molecule has 1 aromatic carbocycles. The molecule has 0 bridgehead atoms. The topological polar surface area (TPSA) is 43.6 Å². The van der Waals surface area contributed by atoms with Crippen molar-refractivity contribution in [2.45, 2.75) is 20.3 Å². The maximum Gasteiger partial charge on any atom is 0.147 e. The average Bonchev–Trinajstić information content (AvgIpc) is 2.78. The average molecular weight is 255 g/mol. The van der Waals surface area contributed by atoms with Crippen molar-refractivity contribution in [2.75, 3.05) is 0 Å². The van der Waals surface area contributed by atoms with Gasteiger partial charge >= 0.3 is 0 Å². The first-order chi connectivity index (χ1) is 8.09. The van der Waals surface area contributed by atoms with Crippen LogP contribution in [0.3, 0.4) is 0 Å². The Labute approximate surface area is 103 Å². The Morgan fingerprint density at radius 3 is 2.76 bits per heavy atom. The van der Waals surface area contributed by atoms with Crippen LogP contribution in [-0.4, -0.2) is 20.2 Å². The van der Waals surface area contributed by atoms with Gasteiger partial charge in [0.2, 0.25) is 0 Å². The molecule has 0 amide bonds. The third-order valence-corrected chi connectivity index (χ3v) is 2.67. The molecule has 0 aliphatic carbocycles. The minimum absolute atomic E-state index is 0.123. The van der Waals surface area contributed by atoms with Crippen LogP contribution in [0, 0.1) is 11.7 Å². The van der Waals surface area contributed by atoms with Gasteiger partial charge in [-0.3, -0.25) is 0 Å². The summed E-state index contributed by atoms with van der Waals surface area (Å²) in [6.45, 7) is 4.04. The van der Waals surface area contributed by atoms with E-state index >= 15 is 0 Å². The number of hydrogen-bond donors (Lipinski definition) is 0. The van der Waals surface area contributed by atoms with Crippen LogP contribution in [0.1, 0.15) is 19.4 Å². The molecule has 0 aliphatic rings. The number of aromatic nitrogens is 4. The summed E-state index contributed by atoms with van der Waals surface area (Å²) in [4.78, 5) is 0. The van der Waals surface area contributed by atoms with Gasteiger partial charge in [0.1, 0.15) is 12.1 Å². The summed E-state index contributed by atoms with van der Waals surface area (Å²) >= 11 is 5.79. The van der Waals surface area contributed by atoms with Gasteiger partial charge in [-0.25, -0.2) is 9.07 Å². The van der Waals surface area contributed by atoms with Crippen molar-refractivity contribution in [3.8, 4) is 5.69 Å². The van der Waals surface area contributed by atoms with Gasteiger partial charge < -0.3 is 0 Å². The third-order valence-electron chi connectivity index (χ3n) is 2.38. The van der Waals surface area contributed by atoms with Crippen LogP contribution in [0.15, 0.2) is 18.5 Å². The molecule has 90 valence electrons. The van der Waals surface area contributed by atoms with E-state index in [1.807, 2.05) is 13.8 Å². The highest BCUT2D eigenvalue weighted by Crippen LogP contribution is 2.26. The number of tetrazole rings is 1. The second kappa shape index (κ2) is 4.79. The molecule has 2 rings (SSSR count). The zero-order valence-electron chi connectivity index (χ0n) is 9.56. The molecule has 0 saturated carbocycles. The van der Waals surface area contributed by atoms with E-state index in [1.165, 1.54) is 17.1 Å². The Bertz CT molecular complexity index is 510. The van der Waals surface area contributed by atoms with Crippen LogP contribution in [0.25, 0.3) is 5.69 Å². The smallest absolute Gasteiger partial charge is 0.147 e. The summed E-state index contributed by atoms with van der Waals surface area (Å²) in [5.74, 6) is -0.0773. The number of rotatable bonds is 3. The third kappa shape index (κ3) is 2.44. The van der Waals surface area contributed by atoms with E-state index in [1.54, 1.807) is 6.07 Å². The van der Waals surface area contributed by atoms with Crippen molar-refractivity contribution < 1.29 is 4.39 Å². The zero-order chi connectivity index (χ0) is 12.4. The van der Waals surface area contributed by atoms with Crippen LogP contribution < -0.4 is 0 Å². The van der Waals surface area contributed by atoms with Gasteiger partial charge in [0.25, 0.3) is 0 Å². The maximum absolute atomic E-state index is 14.0. The van der Waals surface area contributed by atoms with Crippen LogP contribution in [0.5, 0.6) is 0 Å². The summed E-state index contributed by atoms with van der Waals surface area (Å²) in [5, 5.41) is 11.0. The molecule has 1 aromatic heterocycles. The van der Waals surface area contributed by atoms with Crippen molar-refractivity contribution in [3.63, 3.8) is 0 Å². The molecule has 6 heteroatoms. The lowest BCUT2D eigenvalue weighted by Gasteiger charge is -2.12. The van der Waals surface area contributed by atoms with Crippen molar-refractivity contribution in [1.82, 2.24) is 20.2 Å². The molecule has 0 unspecified atom stereocenters. The molecular formula is C11H12ClFN4. The molecule has 0 N–H and O–H groups in total. The monoisotopic (exact) mass is 254 g/mol.